The van der Waals surface area contributed by atoms with Crippen molar-refractivity contribution in [2.24, 2.45) is 0 Å². The van der Waals surface area contributed by atoms with Gasteiger partial charge in [0.25, 0.3) is 15.9 Å². The average molecular weight is 425 g/mol. The summed E-state index contributed by atoms with van der Waals surface area (Å²) >= 11 is 5.96. The van der Waals surface area contributed by atoms with E-state index in [2.05, 4.69) is 5.32 Å². The third kappa shape index (κ3) is 5.95. The maximum atomic E-state index is 12.9. The third-order valence-corrected chi connectivity index (χ3v) is 6.00. The van der Waals surface area contributed by atoms with Gasteiger partial charge in [-0.1, -0.05) is 23.7 Å². The van der Waals surface area contributed by atoms with Crippen molar-refractivity contribution >= 4 is 33.2 Å². The standard InChI is InChI=1S/C20H25ClN2O4S/c1-15(2)27-12-6-11-22-20(24)16-7-4-10-19(13-16)28(25,26)23(3)18-9-5-8-17(21)14-18/h4-5,7-10,13-15H,6,11-12H2,1-3H3,(H,22,24). The molecule has 0 spiro atoms. The van der Waals surface area contributed by atoms with Crippen molar-refractivity contribution in [2.75, 3.05) is 24.5 Å². The van der Waals surface area contributed by atoms with E-state index in [1.54, 1.807) is 36.4 Å². The van der Waals surface area contributed by atoms with E-state index in [-0.39, 0.29) is 22.5 Å². The maximum Gasteiger partial charge on any atom is 0.264 e. The number of nitrogens with zero attached hydrogens (tertiary/aromatic N) is 1. The van der Waals surface area contributed by atoms with Crippen LogP contribution in [-0.2, 0) is 14.8 Å². The number of carbonyl (C=O) groups excluding carboxylic acids is 1. The lowest BCUT2D eigenvalue weighted by Crippen LogP contribution is -2.28. The number of hydrogen-bond acceptors (Lipinski definition) is 4. The van der Waals surface area contributed by atoms with Crippen molar-refractivity contribution in [3.8, 4) is 0 Å². The molecule has 0 bridgehead atoms. The molecule has 0 saturated carbocycles. The van der Waals surface area contributed by atoms with Crippen molar-refractivity contribution in [1.29, 1.82) is 0 Å². The van der Waals surface area contributed by atoms with Gasteiger partial charge in [-0.05, 0) is 56.7 Å². The van der Waals surface area contributed by atoms with Gasteiger partial charge in [-0.25, -0.2) is 8.42 Å². The Hall–Kier alpha value is -2.09. The average Bonchev–Trinajstić information content (AvgIpc) is 2.66. The maximum absolute atomic E-state index is 12.9. The lowest BCUT2D eigenvalue weighted by molar-refractivity contribution is 0.0757. The minimum atomic E-state index is -3.83. The van der Waals surface area contributed by atoms with Crippen LogP contribution in [0.5, 0.6) is 0 Å². The van der Waals surface area contributed by atoms with Crippen LogP contribution < -0.4 is 9.62 Å². The Labute approximate surface area is 171 Å². The van der Waals surface area contributed by atoms with E-state index in [0.717, 1.165) is 4.31 Å². The molecular weight excluding hydrogens is 400 g/mol. The van der Waals surface area contributed by atoms with Gasteiger partial charge in [0.05, 0.1) is 16.7 Å². The second kappa shape index (κ2) is 9.91. The molecule has 0 atom stereocenters. The molecule has 0 unspecified atom stereocenters. The highest BCUT2D eigenvalue weighted by molar-refractivity contribution is 7.92. The zero-order chi connectivity index (χ0) is 20.7. The quantitative estimate of drug-likeness (QED) is 0.622. The summed E-state index contributed by atoms with van der Waals surface area (Å²) in [5.74, 6) is -0.327. The number of carbonyl (C=O) groups is 1. The number of rotatable bonds is 9. The SMILES string of the molecule is CC(C)OCCCNC(=O)c1cccc(S(=O)(=O)N(C)c2cccc(Cl)c2)c1. The van der Waals surface area contributed by atoms with Gasteiger partial charge in [-0.15, -0.1) is 0 Å². The van der Waals surface area contributed by atoms with Gasteiger partial charge < -0.3 is 10.1 Å². The Balaban J connectivity index is 2.09. The lowest BCUT2D eigenvalue weighted by Gasteiger charge is -2.20. The van der Waals surface area contributed by atoms with E-state index >= 15 is 0 Å². The second-order valence-corrected chi connectivity index (χ2v) is 8.91. The van der Waals surface area contributed by atoms with Crippen LogP contribution in [0.3, 0.4) is 0 Å². The van der Waals surface area contributed by atoms with E-state index in [1.165, 1.54) is 19.2 Å². The highest BCUT2D eigenvalue weighted by Crippen LogP contribution is 2.25. The first-order valence-corrected chi connectivity index (χ1v) is 10.8. The smallest absolute Gasteiger partial charge is 0.264 e. The van der Waals surface area contributed by atoms with E-state index in [1.807, 2.05) is 13.8 Å². The van der Waals surface area contributed by atoms with Gasteiger partial charge in [0.15, 0.2) is 0 Å². The fraction of sp³-hybridized carbons (Fsp3) is 0.350. The number of hydrogen-bond donors (Lipinski definition) is 1. The van der Waals surface area contributed by atoms with Crippen LogP contribution in [0.2, 0.25) is 5.02 Å². The molecule has 1 amide bonds. The van der Waals surface area contributed by atoms with Gasteiger partial charge >= 0.3 is 0 Å². The number of ether oxygens (including phenoxy) is 1. The van der Waals surface area contributed by atoms with E-state index in [4.69, 9.17) is 16.3 Å². The molecule has 1 N–H and O–H groups in total. The summed E-state index contributed by atoms with van der Waals surface area (Å²) in [5, 5.41) is 3.21. The van der Waals surface area contributed by atoms with Gasteiger partial charge in [0.1, 0.15) is 0 Å². The second-order valence-electron chi connectivity index (χ2n) is 6.51. The van der Waals surface area contributed by atoms with Crippen LogP contribution in [0.4, 0.5) is 5.69 Å². The zero-order valence-corrected chi connectivity index (χ0v) is 17.8. The topological polar surface area (TPSA) is 75.7 Å². The molecule has 0 fully saturated rings. The first kappa shape index (κ1) is 22.2. The molecule has 0 aromatic heterocycles. The Morgan fingerprint density at radius 1 is 1.18 bits per heavy atom. The fourth-order valence-corrected chi connectivity index (χ4v) is 3.88. The molecule has 6 nitrogen and oxygen atoms in total. The molecule has 0 saturated heterocycles. The summed E-state index contributed by atoms with van der Waals surface area (Å²) in [7, 11) is -2.38. The number of amides is 1. The summed E-state index contributed by atoms with van der Waals surface area (Å²) in [6, 6.07) is 12.5. The van der Waals surface area contributed by atoms with E-state index in [0.29, 0.717) is 30.3 Å². The van der Waals surface area contributed by atoms with Crippen molar-refractivity contribution in [2.45, 2.75) is 31.3 Å². The number of sulfonamides is 1. The van der Waals surface area contributed by atoms with Gasteiger partial charge in [0.2, 0.25) is 0 Å². The number of benzene rings is 2. The molecule has 0 aliphatic rings. The number of anilines is 1. The van der Waals surface area contributed by atoms with Gasteiger partial charge in [-0.2, -0.15) is 0 Å². The molecular formula is C20H25ClN2O4S. The van der Waals surface area contributed by atoms with Crippen LogP contribution in [0.15, 0.2) is 53.4 Å². The largest absolute Gasteiger partial charge is 0.379 e. The fourth-order valence-electron chi connectivity index (χ4n) is 2.46. The molecule has 28 heavy (non-hydrogen) atoms. The molecule has 2 rings (SSSR count). The van der Waals surface area contributed by atoms with Crippen molar-refractivity contribution in [3.63, 3.8) is 0 Å². The molecule has 8 heteroatoms. The molecule has 2 aromatic rings. The van der Waals surface area contributed by atoms with Crippen LogP contribution in [0, 0.1) is 0 Å². The highest BCUT2D eigenvalue weighted by Gasteiger charge is 2.22. The lowest BCUT2D eigenvalue weighted by atomic mass is 10.2. The molecule has 0 aliphatic heterocycles. The Morgan fingerprint density at radius 3 is 2.57 bits per heavy atom. The monoisotopic (exact) mass is 424 g/mol. The van der Waals surface area contributed by atoms with Crippen LogP contribution in [0.25, 0.3) is 0 Å². The number of halogens is 1. The Bertz CT molecular complexity index is 916. The van der Waals surface area contributed by atoms with Crippen LogP contribution in [-0.4, -0.2) is 40.6 Å². The molecule has 152 valence electrons. The van der Waals surface area contributed by atoms with Crippen LogP contribution >= 0.6 is 11.6 Å². The normalized spacial score (nSPS) is 11.5. The van der Waals surface area contributed by atoms with Crippen molar-refractivity contribution in [1.82, 2.24) is 5.32 Å². The summed E-state index contributed by atoms with van der Waals surface area (Å²) in [6.07, 6.45) is 0.827. The predicted octanol–water partition coefficient (Wildman–Crippen LogP) is 3.71. The summed E-state index contributed by atoms with van der Waals surface area (Å²) < 4.78 is 32.4. The van der Waals surface area contributed by atoms with Crippen LogP contribution in [0.1, 0.15) is 30.6 Å². The third-order valence-electron chi connectivity index (χ3n) is 3.98. The number of nitrogens with one attached hydrogen (secondary N) is 1. The Kier molecular flexibility index (Phi) is 7.86. The van der Waals surface area contributed by atoms with Gasteiger partial charge in [-0.3, -0.25) is 9.10 Å². The molecule has 0 aliphatic carbocycles. The summed E-state index contributed by atoms with van der Waals surface area (Å²) in [5.41, 5.74) is 0.720. The van der Waals surface area contributed by atoms with E-state index in [9.17, 15) is 13.2 Å². The zero-order valence-electron chi connectivity index (χ0n) is 16.2. The summed E-state index contributed by atoms with van der Waals surface area (Å²) in [4.78, 5) is 12.4. The molecule has 2 aromatic carbocycles. The predicted molar refractivity (Wildman–Crippen MR) is 112 cm³/mol. The minimum absolute atomic E-state index is 0.0331. The van der Waals surface area contributed by atoms with Gasteiger partial charge in [0, 0.05) is 30.8 Å². The van der Waals surface area contributed by atoms with Crippen molar-refractivity contribution in [3.05, 3.63) is 59.1 Å². The Morgan fingerprint density at radius 2 is 1.89 bits per heavy atom. The first-order valence-electron chi connectivity index (χ1n) is 8.96. The minimum Gasteiger partial charge on any atom is -0.379 e. The molecule has 0 radical (unpaired) electrons. The first-order chi connectivity index (χ1) is 13.2. The van der Waals surface area contributed by atoms with E-state index < -0.39 is 10.0 Å². The highest BCUT2D eigenvalue weighted by atomic mass is 35.5. The molecule has 0 heterocycles. The summed E-state index contributed by atoms with van der Waals surface area (Å²) in [6.45, 7) is 4.90. The van der Waals surface area contributed by atoms with Crippen molar-refractivity contribution < 1.29 is 17.9 Å².